The molecular weight excluding hydrogens is 243 g/mol. The fourth-order valence-electron chi connectivity index (χ4n) is 2.31. The topological polar surface area (TPSA) is 21.3 Å². The zero-order valence-corrected chi connectivity index (χ0v) is 10.1. The third kappa shape index (κ3) is 2.96. The maximum Gasteiger partial charge on any atom is 0.403 e. The van der Waals surface area contributed by atoms with Crippen LogP contribution in [0.3, 0.4) is 0 Å². The molecule has 0 saturated carbocycles. The Labute approximate surface area is 104 Å². The quantitative estimate of drug-likeness (QED) is 0.878. The fraction of sp³-hybridized carbons (Fsp3) is 0.538. The van der Waals surface area contributed by atoms with Gasteiger partial charge in [0.15, 0.2) is 0 Å². The van der Waals surface area contributed by atoms with Crippen molar-refractivity contribution in [1.82, 2.24) is 5.32 Å². The van der Waals surface area contributed by atoms with Gasteiger partial charge in [0.1, 0.15) is 11.8 Å². The first-order valence-corrected chi connectivity index (χ1v) is 5.97. The van der Waals surface area contributed by atoms with Gasteiger partial charge in [-0.1, -0.05) is 12.1 Å². The molecule has 0 aromatic heterocycles. The average molecular weight is 259 g/mol. The average Bonchev–Trinajstić information content (AvgIpc) is 2.38. The van der Waals surface area contributed by atoms with Gasteiger partial charge in [0.05, 0.1) is 7.11 Å². The highest BCUT2D eigenvalue weighted by atomic mass is 19.4. The first-order chi connectivity index (χ1) is 8.50. The number of ether oxygens (including phenoxy) is 1. The van der Waals surface area contributed by atoms with Gasteiger partial charge < -0.3 is 4.74 Å². The van der Waals surface area contributed by atoms with Crippen LogP contribution in [0.1, 0.15) is 30.9 Å². The molecule has 1 N–H and O–H groups in total. The second kappa shape index (κ2) is 5.18. The molecule has 0 amide bonds. The van der Waals surface area contributed by atoms with Crippen molar-refractivity contribution in [3.8, 4) is 5.75 Å². The van der Waals surface area contributed by atoms with Crippen molar-refractivity contribution in [2.75, 3.05) is 7.11 Å². The number of halogens is 3. The standard InChI is InChI=1S/C13H16F3NO/c1-18-10-5-2-4-9(8-10)11-6-3-7-12(17-11)13(14,15)16/h2,4-5,8,11-12,17H,3,6-7H2,1H3. The zero-order valence-electron chi connectivity index (χ0n) is 10.1. The van der Waals surface area contributed by atoms with E-state index in [2.05, 4.69) is 5.32 Å². The highest BCUT2D eigenvalue weighted by molar-refractivity contribution is 5.30. The number of piperidine rings is 1. The maximum atomic E-state index is 12.7. The molecule has 0 spiro atoms. The van der Waals surface area contributed by atoms with E-state index in [1.165, 1.54) is 0 Å². The highest BCUT2D eigenvalue weighted by Gasteiger charge is 2.42. The van der Waals surface area contributed by atoms with Crippen LogP contribution in [-0.2, 0) is 0 Å². The summed E-state index contributed by atoms with van der Waals surface area (Å²) in [7, 11) is 1.55. The number of hydrogen-bond donors (Lipinski definition) is 1. The minimum absolute atomic E-state index is 0.157. The molecule has 5 heteroatoms. The van der Waals surface area contributed by atoms with E-state index < -0.39 is 12.2 Å². The van der Waals surface area contributed by atoms with Crippen LogP contribution in [0, 0.1) is 0 Å². The number of hydrogen-bond acceptors (Lipinski definition) is 2. The molecule has 1 aromatic rings. The predicted molar refractivity (Wildman–Crippen MR) is 62.6 cm³/mol. The van der Waals surface area contributed by atoms with E-state index in [4.69, 9.17) is 4.74 Å². The van der Waals surface area contributed by atoms with E-state index in [0.717, 1.165) is 12.0 Å². The molecule has 1 saturated heterocycles. The summed E-state index contributed by atoms with van der Waals surface area (Å²) in [6.07, 6.45) is -2.71. The van der Waals surface area contributed by atoms with Crippen molar-refractivity contribution in [3.63, 3.8) is 0 Å². The van der Waals surface area contributed by atoms with Crippen LogP contribution in [0.25, 0.3) is 0 Å². The van der Waals surface area contributed by atoms with Gasteiger partial charge in [-0.05, 0) is 37.0 Å². The Bertz CT molecular complexity index is 405. The minimum atomic E-state index is -4.17. The molecule has 1 fully saturated rings. The lowest BCUT2D eigenvalue weighted by Gasteiger charge is -2.32. The molecule has 0 bridgehead atoms. The lowest BCUT2D eigenvalue weighted by molar-refractivity contribution is -0.163. The summed E-state index contributed by atoms with van der Waals surface area (Å²) in [5, 5.41) is 2.68. The molecule has 0 radical (unpaired) electrons. The number of alkyl halides is 3. The van der Waals surface area contributed by atoms with Crippen molar-refractivity contribution in [3.05, 3.63) is 29.8 Å². The second-order valence-corrected chi connectivity index (χ2v) is 4.52. The summed E-state index contributed by atoms with van der Waals surface area (Å²) < 4.78 is 43.2. The number of benzene rings is 1. The van der Waals surface area contributed by atoms with Gasteiger partial charge in [0.25, 0.3) is 0 Å². The molecule has 1 aromatic carbocycles. The molecule has 2 rings (SSSR count). The van der Waals surface area contributed by atoms with Crippen LogP contribution >= 0.6 is 0 Å². The van der Waals surface area contributed by atoms with Gasteiger partial charge in [-0.25, -0.2) is 0 Å². The van der Waals surface area contributed by atoms with E-state index in [1.807, 2.05) is 6.07 Å². The van der Waals surface area contributed by atoms with Crippen molar-refractivity contribution < 1.29 is 17.9 Å². The van der Waals surface area contributed by atoms with Crippen molar-refractivity contribution >= 4 is 0 Å². The van der Waals surface area contributed by atoms with E-state index in [1.54, 1.807) is 25.3 Å². The second-order valence-electron chi connectivity index (χ2n) is 4.52. The Morgan fingerprint density at radius 1 is 1.28 bits per heavy atom. The van der Waals surface area contributed by atoms with E-state index in [0.29, 0.717) is 12.2 Å². The van der Waals surface area contributed by atoms with Crippen LogP contribution in [0.15, 0.2) is 24.3 Å². The van der Waals surface area contributed by atoms with Crippen LogP contribution in [0.4, 0.5) is 13.2 Å². The zero-order chi connectivity index (χ0) is 13.2. The molecule has 1 aliphatic rings. The van der Waals surface area contributed by atoms with Crippen LogP contribution in [-0.4, -0.2) is 19.3 Å². The first kappa shape index (κ1) is 13.2. The Morgan fingerprint density at radius 3 is 2.72 bits per heavy atom. The maximum absolute atomic E-state index is 12.7. The van der Waals surface area contributed by atoms with Crippen molar-refractivity contribution in [2.24, 2.45) is 0 Å². The molecule has 1 heterocycles. The predicted octanol–water partition coefficient (Wildman–Crippen LogP) is 3.44. The molecule has 18 heavy (non-hydrogen) atoms. The van der Waals surface area contributed by atoms with Crippen LogP contribution in [0.5, 0.6) is 5.75 Å². The van der Waals surface area contributed by atoms with Gasteiger partial charge >= 0.3 is 6.18 Å². The van der Waals surface area contributed by atoms with Gasteiger partial charge in [-0.3, -0.25) is 5.32 Å². The minimum Gasteiger partial charge on any atom is -0.497 e. The number of methoxy groups -OCH3 is 1. The highest BCUT2D eigenvalue weighted by Crippen LogP contribution is 2.33. The van der Waals surface area contributed by atoms with Gasteiger partial charge in [-0.15, -0.1) is 0 Å². The summed E-state index contributed by atoms with van der Waals surface area (Å²) in [5.74, 6) is 0.670. The van der Waals surface area contributed by atoms with Crippen LogP contribution < -0.4 is 10.1 Å². The van der Waals surface area contributed by atoms with Gasteiger partial charge in [0.2, 0.25) is 0 Å². The molecule has 2 nitrogen and oxygen atoms in total. The summed E-state index contributed by atoms with van der Waals surface area (Å²) in [6, 6.07) is 5.55. The van der Waals surface area contributed by atoms with Crippen molar-refractivity contribution in [2.45, 2.75) is 37.5 Å². The monoisotopic (exact) mass is 259 g/mol. The number of nitrogens with one attached hydrogen (secondary N) is 1. The molecule has 0 aliphatic carbocycles. The van der Waals surface area contributed by atoms with E-state index in [-0.39, 0.29) is 12.5 Å². The van der Waals surface area contributed by atoms with Gasteiger partial charge in [-0.2, -0.15) is 13.2 Å². The summed E-state index contributed by atoms with van der Waals surface area (Å²) in [5.41, 5.74) is 0.850. The Hall–Kier alpha value is -1.23. The summed E-state index contributed by atoms with van der Waals surface area (Å²) in [4.78, 5) is 0. The normalized spacial score (nSPS) is 24.9. The smallest absolute Gasteiger partial charge is 0.403 e. The third-order valence-electron chi connectivity index (χ3n) is 3.28. The molecule has 100 valence electrons. The molecular formula is C13H16F3NO. The van der Waals surface area contributed by atoms with Crippen LogP contribution in [0.2, 0.25) is 0 Å². The molecule has 2 atom stereocenters. The number of rotatable bonds is 2. The van der Waals surface area contributed by atoms with E-state index >= 15 is 0 Å². The molecule has 2 unspecified atom stereocenters. The SMILES string of the molecule is COc1cccc(C2CCCC(C(F)(F)F)N2)c1. The summed E-state index contributed by atoms with van der Waals surface area (Å²) in [6.45, 7) is 0. The largest absolute Gasteiger partial charge is 0.497 e. The summed E-state index contributed by atoms with van der Waals surface area (Å²) >= 11 is 0. The fourth-order valence-corrected chi connectivity index (χ4v) is 2.31. The lowest BCUT2D eigenvalue weighted by Crippen LogP contribution is -2.46. The van der Waals surface area contributed by atoms with Crippen molar-refractivity contribution in [1.29, 1.82) is 0 Å². The molecule has 1 aliphatic heterocycles. The van der Waals surface area contributed by atoms with E-state index in [9.17, 15) is 13.2 Å². The lowest BCUT2D eigenvalue weighted by atomic mass is 9.93. The van der Waals surface area contributed by atoms with Gasteiger partial charge in [0, 0.05) is 6.04 Å². The Morgan fingerprint density at radius 2 is 2.06 bits per heavy atom. The third-order valence-corrected chi connectivity index (χ3v) is 3.28. The Balaban J connectivity index is 2.13. The Kier molecular flexibility index (Phi) is 3.80. The first-order valence-electron chi connectivity index (χ1n) is 5.97.